The largest absolute Gasteiger partial charge is 0.357 e. The van der Waals surface area contributed by atoms with Crippen LogP contribution in [0.4, 0.5) is 5.82 Å². The molecule has 1 heterocycles. The summed E-state index contributed by atoms with van der Waals surface area (Å²) in [6, 6.07) is 2.05. The fourth-order valence-corrected chi connectivity index (χ4v) is 2.05. The molecule has 0 bridgehead atoms. The molecule has 0 atom stereocenters. The Morgan fingerprint density at radius 3 is 2.75 bits per heavy atom. The third-order valence-electron chi connectivity index (χ3n) is 2.59. The Bertz CT molecular complexity index is 328. The van der Waals surface area contributed by atoms with Gasteiger partial charge in [-0.3, -0.25) is 0 Å². The Labute approximate surface area is 106 Å². The van der Waals surface area contributed by atoms with Gasteiger partial charge in [0.25, 0.3) is 0 Å². The summed E-state index contributed by atoms with van der Waals surface area (Å²) >= 11 is 3.42. The standard InChI is InChI=1S/C12H20BrN3/c1-3-5-6-16(4-2)12-10(8-14)7-11(13)9-15-12/h7,9H,3-6,8,14H2,1-2H3. The molecule has 3 nitrogen and oxygen atoms in total. The molecule has 0 unspecified atom stereocenters. The molecule has 0 spiro atoms. The smallest absolute Gasteiger partial charge is 0.133 e. The van der Waals surface area contributed by atoms with Gasteiger partial charge in [0.15, 0.2) is 0 Å². The van der Waals surface area contributed by atoms with Gasteiger partial charge < -0.3 is 10.6 Å². The van der Waals surface area contributed by atoms with Crippen molar-refractivity contribution in [1.29, 1.82) is 0 Å². The Morgan fingerprint density at radius 1 is 1.44 bits per heavy atom. The lowest BCUT2D eigenvalue weighted by molar-refractivity contribution is 0.719. The number of rotatable bonds is 6. The zero-order valence-electron chi connectivity index (χ0n) is 10.0. The van der Waals surface area contributed by atoms with E-state index in [4.69, 9.17) is 5.73 Å². The minimum absolute atomic E-state index is 0.532. The van der Waals surface area contributed by atoms with Crippen molar-refractivity contribution in [2.75, 3.05) is 18.0 Å². The lowest BCUT2D eigenvalue weighted by Crippen LogP contribution is -2.26. The number of halogens is 1. The van der Waals surface area contributed by atoms with E-state index >= 15 is 0 Å². The van der Waals surface area contributed by atoms with Crippen LogP contribution in [0.5, 0.6) is 0 Å². The van der Waals surface area contributed by atoms with Crippen molar-refractivity contribution in [3.05, 3.63) is 22.3 Å². The molecule has 1 aromatic heterocycles. The third-order valence-corrected chi connectivity index (χ3v) is 3.03. The molecule has 2 N–H and O–H groups in total. The van der Waals surface area contributed by atoms with Crippen molar-refractivity contribution < 1.29 is 0 Å². The predicted molar refractivity (Wildman–Crippen MR) is 72.6 cm³/mol. The Kier molecular flexibility index (Phi) is 5.77. The molecule has 0 radical (unpaired) electrons. The van der Waals surface area contributed by atoms with E-state index in [9.17, 15) is 0 Å². The summed E-state index contributed by atoms with van der Waals surface area (Å²) in [7, 11) is 0. The molecule has 16 heavy (non-hydrogen) atoms. The lowest BCUT2D eigenvalue weighted by atomic mass is 10.2. The molecule has 0 aliphatic rings. The van der Waals surface area contributed by atoms with Crippen molar-refractivity contribution in [2.45, 2.75) is 33.2 Å². The minimum Gasteiger partial charge on any atom is -0.357 e. The normalized spacial score (nSPS) is 10.5. The molecule has 0 saturated heterocycles. The van der Waals surface area contributed by atoms with E-state index < -0.39 is 0 Å². The lowest BCUT2D eigenvalue weighted by Gasteiger charge is -2.24. The maximum atomic E-state index is 5.75. The van der Waals surface area contributed by atoms with Crippen molar-refractivity contribution in [2.24, 2.45) is 5.73 Å². The zero-order valence-corrected chi connectivity index (χ0v) is 11.6. The summed E-state index contributed by atoms with van der Waals surface area (Å²) in [5.41, 5.74) is 6.86. The molecule has 0 aliphatic heterocycles. The van der Waals surface area contributed by atoms with Gasteiger partial charge in [0.2, 0.25) is 0 Å². The second kappa shape index (κ2) is 6.86. The number of nitrogens with two attached hydrogens (primary N) is 1. The second-order valence-electron chi connectivity index (χ2n) is 3.77. The van der Waals surface area contributed by atoms with Gasteiger partial charge in [-0.05, 0) is 35.3 Å². The maximum Gasteiger partial charge on any atom is 0.133 e. The quantitative estimate of drug-likeness (QED) is 0.874. The molecule has 0 aliphatic carbocycles. The number of aromatic nitrogens is 1. The number of anilines is 1. The van der Waals surface area contributed by atoms with Crippen LogP contribution in [0, 0.1) is 0 Å². The molecular formula is C12H20BrN3. The SMILES string of the molecule is CCCCN(CC)c1ncc(Br)cc1CN. The average molecular weight is 286 g/mol. The molecule has 0 saturated carbocycles. The van der Waals surface area contributed by atoms with Crippen LogP contribution in [0.15, 0.2) is 16.7 Å². The zero-order chi connectivity index (χ0) is 12.0. The van der Waals surface area contributed by atoms with Gasteiger partial charge in [0.1, 0.15) is 5.82 Å². The van der Waals surface area contributed by atoms with Crippen LogP contribution < -0.4 is 10.6 Å². The first-order valence-corrected chi connectivity index (χ1v) is 6.61. The van der Waals surface area contributed by atoms with E-state index in [1.54, 1.807) is 0 Å². The number of hydrogen-bond acceptors (Lipinski definition) is 3. The summed E-state index contributed by atoms with van der Waals surface area (Å²) in [5, 5.41) is 0. The van der Waals surface area contributed by atoms with Crippen LogP contribution in [-0.2, 0) is 6.54 Å². The van der Waals surface area contributed by atoms with E-state index in [0.29, 0.717) is 6.54 Å². The summed E-state index contributed by atoms with van der Waals surface area (Å²) in [6.45, 7) is 6.91. The van der Waals surface area contributed by atoms with Gasteiger partial charge in [-0.1, -0.05) is 13.3 Å². The minimum atomic E-state index is 0.532. The Balaban J connectivity index is 2.90. The van der Waals surface area contributed by atoms with Crippen molar-refractivity contribution in [3.8, 4) is 0 Å². The van der Waals surface area contributed by atoms with E-state index in [2.05, 4.69) is 45.7 Å². The van der Waals surface area contributed by atoms with Gasteiger partial charge in [-0.15, -0.1) is 0 Å². The number of nitrogens with zero attached hydrogens (tertiary/aromatic N) is 2. The van der Waals surface area contributed by atoms with Crippen molar-refractivity contribution >= 4 is 21.7 Å². The first-order valence-electron chi connectivity index (χ1n) is 5.82. The fourth-order valence-electron chi connectivity index (χ4n) is 1.67. The summed E-state index contributed by atoms with van der Waals surface area (Å²) in [5.74, 6) is 1.03. The van der Waals surface area contributed by atoms with E-state index in [-0.39, 0.29) is 0 Å². The molecule has 1 aromatic rings. The Morgan fingerprint density at radius 2 is 2.19 bits per heavy atom. The van der Waals surface area contributed by atoms with Crippen molar-refractivity contribution in [3.63, 3.8) is 0 Å². The van der Waals surface area contributed by atoms with Crippen LogP contribution in [0.2, 0.25) is 0 Å². The van der Waals surface area contributed by atoms with Crippen LogP contribution in [0.1, 0.15) is 32.3 Å². The first kappa shape index (κ1) is 13.5. The van der Waals surface area contributed by atoms with E-state index in [1.165, 1.54) is 12.8 Å². The predicted octanol–water partition coefficient (Wildman–Crippen LogP) is 2.93. The highest BCUT2D eigenvalue weighted by Gasteiger charge is 2.10. The van der Waals surface area contributed by atoms with Gasteiger partial charge in [0, 0.05) is 35.9 Å². The average Bonchev–Trinajstić information content (AvgIpc) is 2.31. The van der Waals surface area contributed by atoms with Crippen LogP contribution >= 0.6 is 15.9 Å². The van der Waals surface area contributed by atoms with Gasteiger partial charge in [-0.25, -0.2) is 4.98 Å². The van der Waals surface area contributed by atoms with Gasteiger partial charge in [-0.2, -0.15) is 0 Å². The fraction of sp³-hybridized carbons (Fsp3) is 0.583. The number of unbranched alkanes of at least 4 members (excludes halogenated alkanes) is 1. The maximum absolute atomic E-state index is 5.75. The van der Waals surface area contributed by atoms with Crippen molar-refractivity contribution in [1.82, 2.24) is 4.98 Å². The van der Waals surface area contributed by atoms with Gasteiger partial charge in [0.05, 0.1) is 0 Å². The Hall–Kier alpha value is -0.610. The second-order valence-corrected chi connectivity index (χ2v) is 4.69. The van der Waals surface area contributed by atoms with E-state index in [1.807, 2.05) is 6.20 Å². The summed E-state index contributed by atoms with van der Waals surface area (Å²) < 4.78 is 0.989. The highest BCUT2D eigenvalue weighted by molar-refractivity contribution is 9.10. The highest BCUT2D eigenvalue weighted by atomic mass is 79.9. The monoisotopic (exact) mass is 285 g/mol. The molecule has 90 valence electrons. The molecule has 1 rings (SSSR count). The number of hydrogen-bond donors (Lipinski definition) is 1. The first-order chi connectivity index (χ1) is 7.72. The molecule has 0 aromatic carbocycles. The molecule has 0 amide bonds. The summed E-state index contributed by atoms with van der Waals surface area (Å²) in [4.78, 5) is 6.76. The topological polar surface area (TPSA) is 42.2 Å². The molecule has 0 fully saturated rings. The van der Waals surface area contributed by atoms with E-state index in [0.717, 1.165) is 28.9 Å². The van der Waals surface area contributed by atoms with Crippen LogP contribution in [0.3, 0.4) is 0 Å². The van der Waals surface area contributed by atoms with Crippen LogP contribution in [0.25, 0.3) is 0 Å². The number of pyridine rings is 1. The van der Waals surface area contributed by atoms with Crippen LogP contribution in [-0.4, -0.2) is 18.1 Å². The summed E-state index contributed by atoms with van der Waals surface area (Å²) in [6.07, 6.45) is 4.23. The van der Waals surface area contributed by atoms with Gasteiger partial charge >= 0.3 is 0 Å². The highest BCUT2D eigenvalue weighted by Crippen LogP contribution is 2.21. The third kappa shape index (κ3) is 3.46. The molecular weight excluding hydrogens is 266 g/mol. The molecule has 4 heteroatoms.